The summed E-state index contributed by atoms with van der Waals surface area (Å²) in [5.74, 6) is 1.59. The fourth-order valence-corrected chi connectivity index (χ4v) is 4.06. The number of thioether (sulfide) groups is 1. The lowest BCUT2D eigenvalue weighted by Gasteiger charge is -2.25. The van der Waals surface area contributed by atoms with E-state index in [1.807, 2.05) is 18.0 Å². The number of aromatic nitrogens is 1. The zero-order chi connectivity index (χ0) is 14.4. The van der Waals surface area contributed by atoms with Crippen LogP contribution in [0.25, 0.3) is 0 Å². The Morgan fingerprint density at radius 1 is 1.35 bits per heavy atom. The molecule has 0 bridgehead atoms. The summed E-state index contributed by atoms with van der Waals surface area (Å²) in [6.07, 6.45) is 7.53. The first-order chi connectivity index (χ1) is 9.63. The van der Waals surface area contributed by atoms with Crippen molar-refractivity contribution in [1.82, 2.24) is 10.3 Å². The van der Waals surface area contributed by atoms with Gasteiger partial charge in [-0.3, -0.25) is 0 Å². The van der Waals surface area contributed by atoms with Gasteiger partial charge in [-0.15, -0.1) is 11.8 Å². The van der Waals surface area contributed by atoms with Crippen molar-refractivity contribution in [1.29, 1.82) is 0 Å². The molecule has 1 aromatic heterocycles. The van der Waals surface area contributed by atoms with Gasteiger partial charge in [0.15, 0.2) is 0 Å². The lowest BCUT2D eigenvalue weighted by atomic mass is 9.91. The van der Waals surface area contributed by atoms with Gasteiger partial charge in [-0.2, -0.15) is 0 Å². The summed E-state index contributed by atoms with van der Waals surface area (Å²) in [4.78, 5) is 4.62. The summed E-state index contributed by atoms with van der Waals surface area (Å²) in [6.45, 7) is 8.84. The average Bonchev–Trinajstić information content (AvgIpc) is 2.40. The van der Waals surface area contributed by atoms with E-state index >= 15 is 0 Å². The minimum Gasteiger partial charge on any atom is -0.312 e. The molecule has 0 aromatic carbocycles. The molecule has 1 aliphatic rings. The second kappa shape index (κ2) is 8.04. The number of hydrogen-bond acceptors (Lipinski definition) is 3. The summed E-state index contributed by atoms with van der Waals surface area (Å²) in [6, 6.07) is 4.41. The first-order valence-corrected chi connectivity index (χ1v) is 8.83. The summed E-state index contributed by atoms with van der Waals surface area (Å²) >= 11 is 1.97. The third-order valence-corrected chi connectivity index (χ3v) is 5.10. The molecule has 20 heavy (non-hydrogen) atoms. The van der Waals surface area contributed by atoms with Crippen LogP contribution in [-0.2, 0) is 6.54 Å². The molecular weight excluding hydrogens is 264 g/mol. The van der Waals surface area contributed by atoms with Gasteiger partial charge in [0.05, 0.1) is 5.03 Å². The minimum atomic E-state index is 0.700. The number of hydrogen-bond donors (Lipinski definition) is 1. The van der Waals surface area contributed by atoms with Crippen LogP contribution in [0.3, 0.4) is 0 Å². The van der Waals surface area contributed by atoms with Crippen molar-refractivity contribution in [3.05, 3.63) is 23.9 Å². The fourth-order valence-electron chi connectivity index (χ4n) is 2.75. The van der Waals surface area contributed by atoms with E-state index in [9.17, 15) is 0 Å². The highest BCUT2D eigenvalue weighted by molar-refractivity contribution is 7.99. The highest BCUT2D eigenvalue weighted by Crippen LogP contribution is 2.35. The Bertz CT molecular complexity index is 388. The predicted octanol–water partition coefficient (Wildman–Crippen LogP) is 4.50. The van der Waals surface area contributed by atoms with Gasteiger partial charge in [-0.25, -0.2) is 4.98 Å². The number of rotatable bonds is 6. The van der Waals surface area contributed by atoms with Crippen LogP contribution < -0.4 is 5.32 Å². The molecule has 0 amide bonds. The first-order valence-electron chi connectivity index (χ1n) is 7.95. The molecule has 1 N–H and O–H groups in total. The van der Waals surface area contributed by atoms with Crippen molar-refractivity contribution in [2.24, 2.45) is 11.8 Å². The van der Waals surface area contributed by atoms with Crippen molar-refractivity contribution >= 4 is 11.8 Å². The minimum absolute atomic E-state index is 0.700. The molecular formula is C17H28N2S. The third kappa shape index (κ3) is 5.45. The second-order valence-electron chi connectivity index (χ2n) is 6.54. The Kier molecular flexibility index (Phi) is 6.37. The Morgan fingerprint density at radius 2 is 2.20 bits per heavy atom. The molecule has 3 heteroatoms. The Balaban J connectivity index is 1.79. The van der Waals surface area contributed by atoms with Crippen LogP contribution in [0.4, 0.5) is 0 Å². The monoisotopic (exact) mass is 292 g/mol. The first kappa shape index (κ1) is 15.8. The number of nitrogens with zero attached hydrogens (tertiary/aromatic N) is 1. The molecule has 2 unspecified atom stereocenters. The van der Waals surface area contributed by atoms with Crippen molar-refractivity contribution in [2.75, 3.05) is 6.54 Å². The van der Waals surface area contributed by atoms with Gasteiger partial charge in [-0.05, 0) is 42.9 Å². The Morgan fingerprint density at radius 3 is 2.85 bits per heavy atom. The molecule has 1 saturated carbocycles. The lowest BCUT2D eigenvalue weighted by molar-refractivity contribution is 0.394. The lowest BCUT2D eigenvalue weighted by Crippen LogP contribution is -2.19. The van der Waals surface area contributed by atoms with Crippen molar-refractivity contribution < 1.29 is 0 Å². The van der Waals surface area contributed by atoms with Gasteiger partial charge in [0, 0.05) is 18.0 Å². The molecule has 1 heterocycles. The summed E-state index contributed by atoms with van der Waals surface area (Å²) < 4.78 is 0. The predicted molar refractivity (Wildman–Crippen MR) is 88.1 cm³/mol. The highest BCUT2D eigenvalue weighted by atomic mass is 32.2. The van der Waals surface area contributed by atoms with Crippen LogP contribution in [0, 0.1) is 11.8 Å². The molecule has 1 fully saturated rings. The number of nitrogens with one attached hydrogen (secondary N) is 1. The fraction of sp³-hybridized carbons (Fsp3) is 0.706. The van der Waals surface area contributed by atoms with E-state index in [2.05, 4.69) is 43.2 Å². The molecule has 2 atom stereocenters. The van der Waals surface area contributed by atoms with Gasteiger partial charge in [-0.1, -0.05) is 39.7 Å². The zero-order valence-electron chi connectivity index (χ0n) is 13.1. The molecule has 0 radical (unpaired) electrons. The van der Waals surface area contributed by atoms with Gasteiger partial charge < -0.3 is 5.32 Å². The summed E-state index contributed by atoms with van der Waals surface area (Å²) in [5.41, 5.74) is 1.28. The second-order valence-corrected chi connectivity index (χ2v) is 7.86. The average molecular weight is 292 g/mol. The van der Waals surface area contributed by atoms with E-state index in [0.29, 0.717) is 5.92 Å². The Labute approximate surface area is 128 Å². The van der Waals surface area contributed by atoms with E-state index in [4.69, 9.17) is 0 Å². The maximum atomic E-state index is 4.62. The smallest absolute Gasteiger partial charge is 0.0962 e. The molecule has 2 nitrogen and oxygen atoms in total. The van der Waals surface area contributed by atoms with E-state index in [0.717, 1.165) is 24.3 Å². The van der Waals surface area contributed by atoms with Crippen LogP contribution in [0.2, 0.25) is 0 Å². The van der Waals surface area contributed by atoms with Crippen molar-refractivity contribution in [2.45, 2.75) is 63.3 Å². The Hall–Kier alpha value is -0.540. The summed E-state index contributed by atoms with van der Waals surface area (Å²) in [5, 5.41) is 5.43. The van der Waals surface area contributed by atoms with Crippen molar-refractivity contribution in [3.63, 3.8) is 0 Å². The maximum absolute atomic E-state index is 4.62. The maximum Gasteiger partial charge on any atom is 0.0962 e. The van der Waals surface area contributed by atoms with Crippen LogP contribution in [0.5, 0.6) is 0 Å². The van der Waals surface area contributed by atoms with E-state index in [1.54, 1.807) is 0 Å². The van der Waals surface area contributed by atoms with Crippen LogP contribution in [-0.4, -0.2) is 16.8 Å². The molecule has 0 saturated heterocycles. The quantitative estimate of drug-likeness (QED) is 0.835. The standard InChI is InChI=1S/C17H28N2S/c1-13(2)10-18-11-15-7-8-17(19-12-15)20-16-6-4-5-14(3)9-16/h7-8,12-14,16,18H,4-6,9-11H2,1-3H3. The SMILES string of the molecule is CC(C)CNCc1ccc(SC2CCCC(C)C2)nc1. The highest BCUT2D eigenvalue weighted by Gasteiger charge is 2.19. The van der Waals surface area contributed by atoms with Crippen LogP contribution in [0.1, 0.15) is 52.0 Å². The molecule has 1 aliphatic carbocycles. The normalized spacial score (nSPS) is 23.2. The molecule has 0 spiro atoms. The van der Waals surface area contributed by atoms with E-state index in [-0.39, 0.29) is 0 Å². The van der Waals surface area contributed by atoms with E-state index < -0.39 is 0 Å². The topological polar surface area (TPSA) is 24.9 Å². The van der Waals surface area contributed by atoms with Gasteiger partial charge in [0.25, 0.3) is 0 Å². The van der Waals surface area contributed by atoms with E-state index in [1.165, 1.54) is 36.3 Å². The van der Waals surface area contributed by atoms with Gasteiger partial charge in [0.1, 0.15) is 0 Å². The van der Waals surface area contributed by atoms with Gasteiger partial charge >= 0.3 is 0 Å². The number of pyridine rings is 1. The largest absolute Gasteiger partial charge is 0.312 e. The van der Waals surface area contributed by atoms with Gasteiger partial charge in [0.2, 0.25) is 0 Å². The zero-order valence-corrected chi connectivity index (χ0v) is 13.9. The molecule has 112 valence electrons. The molecule has 0 aliphatic heterocycles. The van der Waals surface area contributed by atoms with Crippen molar-refractivity contribution in [3.8, 4) is 0 Å². The molecule has 2 rings (SSSR count). The van der Waals surface area contributed by atoms with Crippen LogP contribution in [0.15, 0.2) is 23.4 Å². The summed E-state index contributed by atoms with van der Waals surface area (Å²) in [7, 11) is 0. The van der Waals surface area contributed by atoms with Crippen LogP contribution >= 0.6 is 11.8 Å². The third-order valence-electron chi connectivity index (χ3n) is 3.86. The molecule has 1 aromatic rings.